The highest BCUT2D eigenvalue weighted by Crippen LogP contribution is 1.80. The van der Waals surface area contributed by atoms with Gasteiger partial charge in [-0.15, -0.1) is 0 Å². The van der Waals surface area contributed by atoms with E-state index in [1.165, 1.54) is 0 Å². The zero-order chi connectivity index (χ0) is 6.57. The van der Waals surface area contributed by atoms with Gasteiger partial charge in [-0.2, -0.15) is 0 Å². The Kier molecular flexibility index (Phi) is 3.77. The second-order valence-electron chi connectivity index (χ2n) is 1.82. The van der Waals surface area contributed by atoms with E-state index in [2.05, 4.69) is 5.32 Å². The summed E-state index contributed by atoms with van der Waals surface area (Å²) in [5.41, 5.74) is 5.37. The fraction of sp³-hybridized carbons (Fsp3) is 1.00. The highest BCUT2D eigenvalue weighted by molar-refractivity contribution is 4.62. The van der Waals surface area contributed by atoms with Crippen molar-refractivity contribution in [2.75, 3.05) is 6.54 Å². The number of hydrogen-bond acceptors (Lipinski definition) is 3. The fourth-order valence-electron chi connectivity index (χ4n) is 0.406. The van der Waals surface area contributed by atoms with Crippen LogP contribution in [0.3, 0.4) is 0 Å². The molecule has 3 nitrogen and oxygen atoms in total. The van der Waals surface area contributed by atoms with Crippen molar-refractivity contribution in [3.63, 3.8) is 0 Å². The number of nitrogens with one attached hydrogen (secondary N) is 1. The molecule has 0 aliphatic carbocycles. The summed E-state index contributed by atoms with van der Waals surface area (Å²) in [4.78, 5) is 0. The number of likely N-dealkylation sites (N-methyl/N-ethyl adjacent to an activating group) is 1. The Balaban J connectivity index is 3.17. The van der Waals surface area contributed by atoms with Crippen LogP contribution in [0.5, 0.6) is 0 Å². The van der Waals surface area contributed by atoms with E-state index < -0.39 is 6.10 Å². The van der Waals surface area contributed by atoms with Crippen LogP contribution in [0.4, 0.5) is 0 Å². The van der Waals surface area contributed by atoms with Crippen LogP contribution in [0.1, 0.15) is 13.8 Å². The van der Waals surface area contributed by atoms with E-state index >= 15 is 0 Å². The lowest BCUT2D eigenvalue weighted by atomic mass is 10.3. The number of nitrogens with two attached hydrogens (primary N) is 1. The lowest BCUT2D eigenvalue weighted by molar-refractivity contribution is 0.149. The maximum absolute atomic E-state index is 8.76. The zero-order valence-corrected chi connectivity index (χ0v) is 5.39. The molecule has 0 heterocycles. The molecule has 0 amide bonds. The summed E-state index contributed by atoms with van der Waals surface area (Å²) in [6.45, 7) is 4.40. The van der Waals surface area contributed by atoms with E-state index in [9.17, 15) is 0 Å². The zero-order valence-electron chi connectivity index (χ0n) is 5.39. The molecule has 0 aromatic rings. The second kappa shape index (κ2) is 3.83. The topological polar surface area (TPSA) is 58.3 Å². The minimum atomic E-state index is -0.463. The average molecular weight is 118 g/mol. The van der Waals surface area contributed by atoms with Crippen LogP contribution in [-0.4, -0.2) is 23.9 Å². The average Bonchev–Trinajstić information content (AvgIpc) is 1.67. The monoisotopic (exact) mass is 118 g/mol. The maximum Gasteiger partial charge on any atom is 0.0811 e. The molecule has 2 unspecified atom stereocenters. The second-order valence-corrected chi connectivity index (χ2v) is 1.82. The molecule has 3 heteroatoms. The molecule has 0 saturated heterocycles. The van der Waals surface area contributed by atoms with E-state index in [1.807, 2.05) is 6.92 Å². The summed E-state index contributed by atoms with van der Waals surface area (Å²) in [6.07, 6.45) is -0.741. The number of aliphatic hydroxyl groups is 1. The van der Waals surface area contributed by atoms with E-state index in [1.54, 1.807) is 6.92 Å². The molecule has 2 atom stereocenters. The van der Waals surface area contributed by atoms with Gasteiger partial charge in [0, 0.05) is 0 Å². The Morgan fingerprint density at radius 2 is 2.25 bits per heavy atom. The van der Waals surface area contributed by atoms with Crippen molar-refractivity contribution >= 4 is 0 Å². The number of aliphatic hydroxyl groups excluding tert-OH is 1. The Hall–Kier alpha value is -0.120. The molecule has 0 spiro atoms. The third-order valence-corrected chi connectivity index (χ3v) is 0.960. The fourth-order valence-corrected chi connectivity index (χ4v) is 0.406. The Morgan fingerprint density at radius 1 is 1.75 bits per heavy atom. The highest BCUT2D eigenvalue weighted by atomic mass is 16.3. The van der Waals surface area contributed by atoms with Gasteiger partial charge in [0.25, 0.3) is 0 Å². The van der Waals surface area contributed by atoms with Gasteiger partial charge in [-0.1, -0.05) is 6.92 Å². The lowest BCUT2D eigenvalue weighted by Crippen LogP contribution is -2.45. The van der Waals surface area contributed by atoms with Crippen LogP contribution in [0.15, 0.2) is 0 Å². The van der Waals surface area contributed by atoms with Crippen molar-refractivity contribution in [1.29, 1.82) is 0 Å². The molecule has 8 heavy (non-hydrogen) atoms. The molecular weight excluding hydrogens is 104 g/mol. The first-order valence-corrected chi connectivity index (χ1v) is 2.85. The molecule has 0 bridgehead atoms. The molecule has 50 valence electrons. The molecule has 0 radical (unpaired) electrons. The summed E-state index contributed by atoms with van der Waals surface area (Å²) in [5.74, 6) is 0. The van der Waals surface area contributed by atoms with Crippen molar-refractivity contribution in [1.82, 2.24) is 5.32 Å². The minimum Gasteiger partial charge on any atom is -0.390 e. The molecule has 0 fully saturated rings. The predicted molar refractivity (Wildman–Crippen MR) is 33.3 cm³/mol. The molecule has 0 saturated carbocycles. The summed E-state index contributed by atoms with van der Waals surface area (Å²) in [5, 5.41) is 11.6. The van der Waals surface area contributed by atoms with Crippen molar-refractivity contribution in [3.8, 4) is 0 Å². The van der Waals surface area contributed by atoms with Gasteiger partial charge in [0.05, 0.1) is 12.3 Å². The number of hydrogen-bond donors (Lipinski definition) is 3. The van der Waals surface area contributed by atoms with Crippen LogP contribution in [0.2, 0.25) is 0 Å². The first-order chi connectivity index (χ1) is 3.68. The van der Waals surface area contributed by atoms with Crippen molar-refractivity contribution < 1.29 is 5.11 Å². The Bertz CT molecular complexity index is 56.4. The third kappa shape index (κ3) is 2.96. The predicted octanol–water partition coefficient (Wildman–Crippen LogP) is -0.738. The first kappa shape index (κ1) is 7.88. The van der Waals surface area contributed by atoms with Gasteiger partial charge in [0.1, 0.15) is 0 Å². The minimum absolute atomic E-state index is 0.278. The highest BCUT2D eigenvalue weighted by Gasteiger charge is 2.04. The van der Waals surface area contributed by atoms with Gasteiger partial charge in [-0.3, -0.25) is 0 Å². The van der Waals surface area contributed by atoms with Crippen molar-refractivity contribution in [2.24, 2.45) is 5.73 Å². The molecule has 0 aromatic carbocycles. The third-order valence-electron chi connectivity index (χ3n) is 0.960. The molecule has 0 aromatic heterocycles. The summed E-state index contributed by atoms with van der Waals surface area (Å²) < 4.78 is 0. The van der Waals surface area contributed by atoms with E-state index in [0.29, 0.717) is 0 Å². The largest absolute Gasteiger partial charge is 0.390 e. The normalized spacial score (nSPS) is 18.0. The van der Waals surface area contributed by atoms with E-state index in [-0.39, 0.29) is 6.17 Å². The SMILES string of the molecule is CCNC(N)C(C)O. The molecular formula is C5H14N2O. The van der Waals surface area contributed by atoms with Crippen LogP contribution < -0.4 is 11.1 Å². The molecule has 0 aliphatic rings. The number of rotatable bonds is 3. The lowest BCUT2D eigenvalue weighted by Gasteiger charge is -2.14. The van der Waals surface area contributed by atoms with Crippen LogP contribution in [-0.2, 0) is 0 Å². The molecule has 4 N–H and O–H groups in total. The van der Waals surface area contributed by atoms with E-state index in [4.69, 9.17) is 10.8 Å². The van der Waals surface area contributed by atoms with Gasteiger partial charge >= 0.3 is 0 Å². The quantitative estimate of drug-likeness (QED) is 0.428. The van der Waals surface area contributed by atoms with Crippen molar-refractivity contribution in [2.45, 2.75) is 26.1 Å². The standard InChI is InChI=1S/C5H14N2O/c1-3-7-5(6)4(2)8/h4-5,7-8H,3,6H2,1-2H3. The Morgan fingerprint density at radius 3 is 2.38 bits per heavy atom. The van der Waals surface area contributed by atoms with Gasteiger partial charge in [-0.05, 0) is 13.5 Å². The first-order valence-electron chi connectivity index (χ1n) is 2.85. The summed E-state index contributed by atoms with van der Waals surface area (Å²) in [6, 6.07) is 0. The van der Waals surface area contributed by atoms with Crippen LogP contribution in [0, 0.1) is 0 Å². The van der Waals surface area contributed by atoms with Gasteiger partial charge in [-0.25, -0.2) is 0 Å². The molecule has 0 rings (SSSR count). The maximum atomic E-state index is 8.76. The van der Waals surface area contributed by atoms with Gasteiger partial charge in [0.2, 0.25) is 0 Å². The van der Waals surface area contributed by atoms with Gasteiger partial charge < -0.3 is 16.2 Å². The van der Waals surface area contributed by atoms with Crippen LogP contribution in [0.25, 0.3) is 0 Å². The van der Waals surface area contributed by atoms with Crippen molar-refractivity contribution in [3.05, 3.63) is 0 Å². The van der Waals surface area contributed by atoms with Gasteiger partial charge in [0.15, 0.2) is 0 Å². The molecule has 0 aliphatic heterocycles. The summed E-state index contributed by atoms with van der Waals surface area (Å²) in [7, 11) is 0. The Labute approximate surface area is 49.9 Å². The van der Waals surface area contributed by atoms with E-state index in [0.717, 1.165) is 6.54 Å². The summed E-state index contributed by atoms with van der Waals surface area (Å²) >= 11 is 0. The smallest absolute Gasteiger partial charge is 0.0811 e. The van der Waals surface area contributed by atoms with Crippen LogP contribution >= 0.6 is 0 Å².